The van der Waals surface area contributed by atoms with Crippen LogP contribution in [0.3, 0.4) is 0 Å². The van der Waals surface area contributed by atoms with Crippen LogP contribution in [0.5, 0.6) is 0 Å². The molecule has 26 heavy (non-hydrogen) atoms. The molecule has 4 rings (SSSR count). The SMILES string of the molecule is COCCN1CC(C(=O)N2CCc3[nH]c4c(Cl)cccc4c3C2)CC1=O. The van der Waals surface area contributed by atoms with Crippen molar-refractivity contribution < 1.29 is 14.3 Å². The maximum atomic E-state index is 13.0. The average molecular weight is 376 g/mol. The number of carbonyl (C=O) groups excluding carboxylic acids is 2. The number of aromatic nitrogens is 1. The van der Waals surface area contributed by atoms with E-state index in [4.69, 9.17) is 16.3 Å². The summed E-state index contributed by atoms with van der Waals surface area (Å²) >= 11 is 6.29. The number of para-hydroxylation sites is 1. The third-order valence-electron chi connectivity index (χ3n) is 5.40. The Bertz CT molecular complexity index is 863. The standard InChI is InChI=1S/C19H22ClN3O3/c1-26-8-7-22-10-12(9-17(22)24)19(25)23-6-5-16-14(11-23)13-3-2-4-15(20)18(13)21-16/h2-4,12,21H,5-11H2,1H3. The monoisotopic (exact) mass is 375 g/mol. The summed E-state index contributed by atoms with van der Waals surface area (Å²) in [7, 11) is 1.61. The smallest absolute Gasteiger partial charge is 0.228 e. The highest BCUT2D eigenvalue weighted by molar-refractivity contribution is 6.35. The first-order chi connectivity index (χ1) is 12.6. The van der Waals surface area contributed by atoms with Gasteiger partial charge < -0.3 is 19.5 Å². The molecule has 3 heterocycles. The minimum atomic E-state index is -0.255. The first kappa shape index (κ1) is 17.4. The first-order valence-corrected chi connectivity index (χ1v) is 9.29. The lowest BCUT2D eigenvalue weighted by molar-refractivity contribution is -0.136. The van der Waals surface area contributed by atoms with E-state index in [2.05, 4.69) is 4.98 Å². The molecular weight excluding hydrogens is 354 g/mol. The Morgan fingerprint density at radius 2 is 2.27 bits per heavy atom. The van der Waals surface area contributed by atoms with Crippen LogP contribution >= 0.6 is 11.6 Å². The van der Waals surface area contributed by atoms with E-state index in [0.717, 1.165) is 28.6 Å². The lowest BCUT2D eigenvalue weighted by atomic mass is 10.0. The van der Waals surface area contributed by atoms with E-state index < -0.39 is 0 Å². The molecule has 1 aromatic heterocycles. The van der Waals surface area contributed by atoms with Gasteiger partial charge in [0.2, 0.25) is 11.8 Å². The third-order valence-corrected chi connectivity index (χ3v) is 5.72. The summed E-state index contributed by atoms with van der Waals surface area (Å²) in [5.74, 6) is -0.146. The molecule has 1 aromatic carbocycles. The molecule has 0 saturated carbocycles. The minimum Gasteiger partial charge on any atom is -0.383 e. The first-order valence-electron chi connectivity index (χ1n) is 8.92. The summed E-state index contributed by atoms with van der Waals surface area (Å²) in [5, 5.41) is 1.78. The number of benzene rings is 1. The normalized spacial score (nSPS) is 20.1. The largest absolute Gasteiger partial charge is 0.383 e. The van der Waals surface area contributed by atoms with Crippen molar-refractivity contribution in [1.82, 2.24) is 14.8 Å². The zero-order valence-electron chi connectivity index (χ0n) is 14.8. The number of aromatic amines is 1. The van der Waals surface area contributed by atoms with Crippen molar-refractivity contribution >= 4 is 34.3 Å². The number of carbonyl (C=O) groups is 2. The van der Waals surface area contributed by atoms with Gasteiger partial charge in [0.15, 0.2) is 0 Å². The molecule has 0 aliphatic carbocycles. The van der Waals surface area contributed by atoms with Crippen LogP contribution in [-0.2, 0) is 27.3 Å². The lowest BCUT2D eigenvalue weighted by Gasteiger charge is -2.29. The number of halogens is 1. The highest BCUT2D eigenvalue weighted by Gasteiger charge is 2.37. The molecule has 1 fully saturated rings. The van der Waals surface area contributed by atoms with Gasteiger partial charge in [-0.05, 0) is 6.07 Å². The Hall–Kier alpha value is -2.05. The molecule has 2 aliphatic heterocycles. The second kappa shape index (κ2) is 6.93. The van der Waals surface area contributed by atoms with Crippen molar-refractivity contribution in [2.75, 3.05) is 33.4 Å². The number of H-pyrrole nitrogens is 1. The third kappa shape index (κ3) is 2.97. The molecule has 6 nitrogen and oxygen atoms in total. The summed E-state index contributed by atoms with van der Waals surface area (Å²) in [6, 6.07) is 5.84. The van der Waals surface area contributed by atoms with Crippen LogP contribution in [0, 0.1) is 5.92 Å². The molecule has 2 aliphatic rings. The molecule has 138 valence electrons. The fraction of sp³-hybridized carbons (Fsp3) is 0.474. The van der Waals surface area contributed by atoms with Crippen molar-refractivity contribution in [3.8, 4) is 0 Å². The molecule has 1 atom stereocenters. The number of methoxy groups -OCH3 is 1. The number of fused-ring (bicyclic) bond motifs is 3. The van der Waals surface area contributed by atoms with Gasteiger partial charge in [0.25, 0.3) is 0 Å². The molecule has 1 N–H and O–H groups in total. The van der Waals surface area contributed by atoms with Crippen molar-refractivity contribution in [2.24, 2.45) is 5.92 Å². The topological polar surface area (TPSA) is 65.6 Å². The number of nitrogens with one attached hydrogen (secondary N) is 1. The second-order valence-electron chi connectivity index (χ2n) is 6.99. The summed E-state index contributed by atoms with van der Waals surface area (Å²) in [6.45, 7) is 2.76. The molecule has 0 spiro atoms. The quantitative estimate of drug-likeness (QED) is 0.890. The molecule has 7 heteroatoms. The van der Waals surface area contributed by atoms with Crippen LogP contribution in [0.4, 0.5) is 0 Å². The van der Waals surface area contributed by atoms with Gasteiger partial charge in [-0.2, -0.15) is 0 Å². The number of rotatable bonds is 4. The number of amides is 2. The summed E-state index contributed by atoms with van der Waals surface area (Å²) in [5.41, 5.74) is 3.24. The van der Waals surface area contributed by atoms with Crippen molar-refractivity contribution in [2.45, 2.75) is 19.4 Å². The van der Waals surface area contributed by atoms with Crippen LogP contribution in [0.2, 0.25) is 5.02 Å². The molecule has 1 unspecified atom stereocenters. The summed E-state index contributed by atoms with van der Waals surface area (Å²) in [6.07, 6.45) is 1.08. The van der Waals surface area contributed by atoms with E-state index in [1.165, 1.54) is 0 Å². The second-order valence-corrected chi connectivity index (χ2v) is 7.40. The van der Waals surface area contributed by atoms with E-state index in [9.17, 15) is 9.59 Å². The van der Waals surface area contributed by atoms with Gasteiger partial charge in [-0.3, -0.25) is 9.59 Å². The molecule has 1 saturated heterocycles. The Balaban J connectivity index is 1.50. The fourth-order valence-corrected chi connectivity index (χ4v) is 4.23. The Morgan fingerprint density at radius 3 is 3.08 bits per heavy atom. The maximum Gasteiger partial charge on any atom is 0.228 e. The van der Waals surface area contributed by atoms with E-state index in [0.29, 0.717) is 44.2 Å². The number of hydrogen-bond acceptors (Lipinski definition) is 3. The van der Waals surface area contributed by atoms with E-state index in [1.807, 2.05) is 23.1 Å². The molecule has 2 amide bonds. The van der Waals surface area contributed by atoms with Crippen LogP contribution in [-0.4, -0.2) is 59.9 Å². The van der Waals surface area contributed by atoms with Crippen LogP contribution in [0.1, 0.15) is 17.7 Å². The van der Waals surface area contributed by atoms with Gasteiger partial charge in [-0.15, -0.1) is 0 Å². The minimum absolute atomic E-state index is 0.0389. The van der Waals surface area contributed by atoms with E-state index >= 15 is 0 Å². The Kier molecular flexibility index (Phi) is 4.63. The predicted octanol–water partition coefficient (Wildman–Crippen LogP) is 2.20. The van der Waals surface area contributed by atoms with Crippen LogP contribution in [0.15, 0.2) is 18.2 Å². The molecule has 2 aromatic rings. The zero-order valence-corrected chi connectivity index (χ0v) is 15.5. The van der Waals surface area contributed by atoms with Gasteiger partial charge in [0, 0.05) is 62.8 Å². The number of hydrogen-bond donors (Lipinski definition) is 1. The zero-order chi connectivity index (χ0) is 18.3. The van der Waals surface area contributed by atoms with Crippen LogP contribution < -0.4 is 0 Å². The molecule has 0 bridgehead atoms. The number of ether oxygens (including phenoxy) is 1. The van der Waals surface area contributed by atoms with Crippen molar-refractivity contribution in [1.29, 1.82) is 0 Å². The summed E-state index contributed by atoms with van der Waals surface area (Å²) in [4.78, 5) is 32.1. The number of likely N-dealkylation sites (tertiary alicyclic amines) is 1. The fourth-order valence-electron chi connectivity index (χ4n) is 4.00. The average Bonchev–Trinajstić information content (AvgIpc) is 3.20. The van der Waals surface area contributed by atoms with Gasteiger partial charge >= 0.3 is 0 Å². The van der Waals surface area contributed by atoms with Gasteiger partial charge in [-0.25, -0.2) is 0 Å². The summed E-state index contributed by atoms with van der Waals surface area (Å²) < 4.78 is 5.04. The Labute approximate surface area is 157 Å². The predicted molar refractivity (Wildman–Crippen MR) is 99.0 cm³/mol. The lowest BCUT2D eigenvalue weighted by Crippen LogP contribution is -2.40. The van der Waals surface area contributed by atoms with Crippen molar-refractivity contribution in [3.05, 3.63) is 34.5 Å². The van der Waals surface area contributed by atoms with Gasteiger partial charge in [0.1, 0.15) is 0 Å². The van der Waals surface area contributed by atoms with E-state index in [1.54, 1.807) is 12.0 Å². The van der Waals surface area contributed by atoms with E-state index in [-0.39, 0.29) is 17.7 Å². The molecule has 0 radical (unpaired) electrons. The van der Waals surface area contributed by atoms with Crippen molar-refractivity contribution in [3.63, 3.8) is 0 Å². The molecular formula is C19H22ClN3O3. The number of nitrogens with zero attached hydrogens (tertiary/aromatic N) is 2. The van der Waals surface area contributed by atoms with Crippen LogP contribution in [0.25, 0.3) is 10.9 Å². The highest BCUT2D eigenvalue weighted by Crippen LogP contribution is 2.32. The van der Waals surface area contributed by atoms with Gasteiger partial charge in [-0.1, -0.05) is 23.7 Å². The highest BCUT2D eigenvalue weighted by atomic mass is 35.5. The Morgan fingerprint density at radius 1 is 1.42 bits per heavy atom. The van der Waals surface area contributed by atoms with Gasteiger partial charge in [0.05, 0.1) is 23.1 Å². The maximum absolute atomic E-state index is 13.0.